The number of ether oxygens (including phenoxy) is 1. The second-order valence-electron chi connectivity index (χ2n) is 4.56. The summed E-state index contributed by atoms with van der Waals surface area (Å²) in [6.07, 6.45) is 1.90. The molecule has 0 saturated heterocycles. The number of halogens is 1. The standard InChI is InChI=1S/C17H15ClN2O/c1-2-21-16-12-20(15-10-8-14(18)9-11-15)19-17(16)13-6-4-3-5-7-13/h3-12H,2H2,1H3. The van der Waals surface area contributed by atoms with Crippen LogP contribution >= 0.6 is 11.6 Å². The minimum atomic E-state index is 0.603. The van der Waals surface area contributed by atoms with E-state index in [0.29, 0.717) is 11.6 Å². The lowest BCUT2D eigenvalue weighted by Crippen LogP contribution is -1.94. The SMILES string of the molecule is CCOc1cn(-c2ccc(Cl)cc2)nc1-c1ccccc1. The predicted octanol–water partition coefficient (Wildman–Crippen LogP) is 4.59. The monoisotopic (exact) mass is 298 g/mol. The molecule has 0 fully saturated rings. The van der Waals surface area contributed by atoms with Gasteiger partial charge in [-0.2, -0.15) is 5.10 Å². The van der Waals surface area contributed by atoms with E-state index in [1.165, 1.54) is 0 Å². The van der Waals surface area contributed by atoms with Crippen molar-refractivity contribution in [3.8, 4) is 22.7 Å². The Morgan fingerprint density at radius 2 is 1.76 bits per heavy atom. The van der Waals surface area contributed by atoms with Crippen LogP contribution in [0.15, 0.2) is 60.8 Å². The minimum Gasteiger partial charge on any atom is -0.490 e. The smallest absolute Gasteiger partial charge is 0.165 e. The quantitative estimate of drug-likeness (QED) is 0.704. The minimum absolute atomic E-state index is 0.603. The van der Waals surface area contributed by atoms with Crippen LogP contribution in [0.1, 0.15) is 6.92 Å². The molecule has 0 aliphatic rings. The zero-order chi connectivity index (χ0) is 14.7. The molecule has 3 nitrogen and oxygen atoms in total. The lowest BCUT2D eigenvalue weighted by molar-refractivity contribution is 0.341. The molecule has 0 N–H and O–H groups in total. The van der Waals surface area contributed by atoms with Crippen LogP contribution in [0.4, 0.5) is 0 Å². The van der Waals surface area contributed by atoms with Crippen LogP contribution < -0.4 is 4.74 Å². The van der Waals surface area contributed by atoms with Crippen molar-refractivity contribution in [3.63, 3.8) is 0 Å². The summed E-state index contributed by atoms with van der Waals surface area (Å²) in [6, 6.07) is 17.6. The number of benzene rings is 2. The van der Waals surface area contributed by atoms with Gasteiger partial charge in [-0.25, -0.2) is 4.68 Å². The van der Waals surface area contributed by atoms with Crippen LogP contribution in [-0.2, 0) is 0 Å². The molecule has 1 aromatic heterocycles. The third kappa shape index (κ3) is 2.93. The molecule has 2 aromatic carbocycles. The van der Waals surface area contributed by atoms with E-state index in [4.69, 9.17) is 16.3 Å². The van der Waals surface area contributed by atoms with Crippen LogP contribution in [0.3, 0.4) is 0 Å². The van der Waals surface area contributed by atoms with E-state index in [-0.39, 0.29) is 0 Å². The molecule has 3 rings (SSSR count). The highest BCUT2D eigenvalue weighted by atomic mass is 35.5. The third-order valence-corrected chi connectivity index (χ3v) is 3.37. The van der Waals surface area contributed by atoms with E-state index in [0.717, 1.165) is 22.7 Å². The van der Waals surface area contributed by atoms with Crippen LogP contribution in [0.2, 0.25) is 5.02 Å². The van der Waals surface area contributed by atoms with Gasteiger partial charge in [-0.15, -0.1) is 0 Å². The molecule has 0 aliphatic heterocycles. The van der Waals surface area contributed by atoms with Gasteiger partial charge < -0.3 is 4.74 Å². The van der Waals surface area contributed by atoms with E-state index in [1.807, 2.05) is 72.4 Å². The Bertz CT molecular complexity index is 720. The molecule has 21 heavy (non-hydrogen) atoms. The molecule has 0 atom stereocenters. The summed E-state index contributed by atoms with van der Waals surface area (Å²) < 4.78 is 7.52. The largest absolute Gasteiger partial charge is 0.490 e. The molecule has 4 heteroatoms. The van der Waals surface area contributed by atoms with Crippen molar-refractivity contribution < 1.29 is 4.74 Å². The maximum absolute atomic E-state index is 5.93. The fourth-order valence-electron chi connectivity index (χ4n) is 2.14. The van der Waals surface area contributed by atoms with Crippen molar-refractivity contribution in [3.05, 3.63) is 65.8 Å². The first kappa shape index (κ1) is 13.7. The van der Waals surface area contributed by atoms with E-state index in [9.17, 15) is 0 Å². The van der Waals surface area contributed by atoms with Gasteiger partial charge in [0.2, 0.25) is 0 Å². The molecule has 0 bridgehead atoms. The summed E-state index contributed by atoms with van der Waals surface area (Å²) in [6.45, 7) is 2.57. The molecular formula is C17H15ClN2O. The first-order valence-electron chi connectivity index (χ1n) is 6.82. The first-order chi connectivity index (χ1) is 10.3. The van der Waals surface area contributed by atoms with Crippen LogP contribution in [0.5, 0.6) is 5.75 Å². The van der Waals surface area contributed by atoms with Gasteiger partial charge in [0.1, 0.15) is 5.69 Å². The van der Waals surface area contributed by atoms with Gasteiger partial charge in [0, 0.05) is 10.6 Å². The normalized spacial score (nSPS) is 10.6. The maximum Gasteiger partial charge on any atom is 0.165 e. The molecule has 0 amide bonds. The van der Waals surface area contributed by atoms with Crippen molar-refractivity contribution in [2.75, 3.05) is 6.61 Å². The van der Waals surface area contributed by atoms with Gasteiger partial charge in [-0.1, -0.05) is 41.9 Å². The highest BCUT2D eigenvalue weighted by Gasteiger charge is 2.13. The van der Waals surface area contributed by atoms with Gasteiger partial charge in [-0.3, -0.25) is 0 Å². The van der Waals surface area contributed by atoms with Crippen LogP contribution in [0.25, 0.3) is 16.9 Å². The van der Waals surface area contributed by atoms with Crippen LogP contribution in [0, 0.1) is 0 Å². The van der Waals surface area contributed by atoms with E-state index in [2.05, 4.69) is 5.10 Å². The fraction of sp³-hybridized carbons (Fsp3) is 0.118. The lowest BCUT2D eigenvalue weighted by Gasteiger charge is -2.02. The number of rotatable bonds is 4. The third-order valence-electron chi connectivity index (χ3n) is 3.12. The summed E-state index contributed by atoms with van der Waals surface area (Å²) in [5.74, 6) is 0.777. The zero-order valence-corrected chi connectivity index (χ0v) is 12.4. The predicted molar refractivity (Wildman–Crippen MR) is 85.2 cm³/mol. The van der Waals surface area contributed by atoms with Crippen molar-refractivity contribution in [1.82, 2.24) is 9.78 Å². The Morgan fingerprint density at radius 3 is 2.43 bits per heavy atom. The Kier molecular flexibility index (Phi) is 3.93. The van der Waals surface area contributed by atoms with E-state index in [1.54, 1.807) is 0 Å². The van der Waals surface area contributed by atoms with Crippen LogP contribution in [-0.4, -0.2) is 16.4 Å². The number of aromatic nitrogens is 2. The Labute approximate surface area is 128 Å². The molecular weight excluding hydrogens is 284 g/mol. The van der Waals surface area contributed by atoms with Gasteiger partial charge in [0.25, 0.3) is 0 Å². The zero-order valence-electron chi connectivity index (χ0n) is 11.7. The molecule has 0 saturated carbocycles. The Morgan fingerprint density at radius 1 is 1.05 bits per heavy atom. The molecule has 106 valence electrons. The van der Waals surface area contributed by atoms with Crippen molar-refractivity contribution in [2.24, 2.45) is 0 Å². The molecule has 0 radical (unpaired) electrons. The average Bonchev–Trinajstić information content (AvgIpc) is 2.93. The summed E-state index contributed by atoms with van der Waals surface area (Å²) in [7, 11) is 0. The van der Waals surface area contributed by atoms with E-state index >= 15 is 0 Å². The van der Waals surface area contributed by atoms with Crippen molar-refractivity contribution in [1.29, 1.82) is 0 Å². The van der Waals surface area contributed by atoms with Crippen molar-refractivity contribution in [2.45, 2.75) is 6.92 Å². The summed E-state index contributed by atoms with van der Waals surface area (Å²) in [5, 5.41) is 5.36. The highest BCUT2D eigenvalue weighted by molar-refractivity contribution is 6.30. The van der Waals surface area contributed by atoms with Crippen molar-refractivity contribution >= 4 is 11.6 Å². The van der Waals surface area contributed by atoms with Gasteiger partial charge in [-0.05, 0) is 31.2 Å². The second kappa shape index (κ2) is 6.02. The lowest BCUT2D eigenvalue weighted by atomic mass is 10.1. The second-order valence-corrected chi connectivity index (χ2v) is 5.00. The topological polar surface area (TPSA) is 27.1 Å². The van der Waals surface area contributed by atoms with Gasteiger partial charge >= 0.3 is 0 Å². The highest BCUT2D eigenvalue weighted by Crippen LogP contribution is 2.29. The summed E-state index contributed by atoms with van der Waals surface area (Å²) in [4.78, 5) is 0. The van der Waals surface area contributed by atoms with Gasteiger partial charge in [0.05, 0.1) is 18.5 Å². The maximum atomic E-state index is 5.93. The fourth-order valence-corrected chi connectivity index (χ4v) is 2.27. The molecule has 1 heterocycles. The molecule has 3 aromatic rings. The summed E-state index contributed by atoms with van der Waals surface area (Å²) >= 11 is 5.93. The average molecular weight is 299 g/mol. The molecule has 0 unspecified atom stereocenters. The Hall–Kier alpha value is -2.26. The molecule has 0 aliphatic carbocycles. The molecule has 0 spiro atoms. The first-order valence-corrected chi connectivity index (χ1v) is 7.19. The number of hydrogen-bond acceptors (Lipinski definition) is 2. The Balaban J connectivity index is 2.06. The summed E-state index contributed by atoms with van der Waals surface area (Å²) in [5.41, 5.74) is 2.82. The number of nitrogens with zero attached hydrogens (tertiary/aromatic N) is 2. The van der Waals surface area contributed by atoms with Gasteiger partial charge in [0.15, 0.2) is 5.75 Å². The van der Waals surface area contributed by atoms with E-state index < -0.39 is 0 Å². The number of hydrogen-bond donors (Lipinski definition) is 0.